The molecule has 0 fully saturated rings. The van der Waals surface area contributed by atoms with Crippen molar-refractivity contribution in [3.8, 4) is 0 Å². The molecule has 1 amide bonds. The summed E-state index contributed by atoms with van der Waals surface area (Å²) < 4.78 is 1.52. The number of aromatic nitrogens is 2. The third kappa shape index (κ3) is 3.52. The average molecular weight is 301 g/mol. The molecule has 3 N–H and O–H groups in total. The number of imidazole rings is 1. The highest BCUT2D eigenvalue weighted by atomic mass is 16.4. The molecular weight excluding hydrogens is 282 g/mol. The van der Waals surface area contributed by atoms with Gasteiger partial charge in [-0.2, -0.15) is 0 Å². The van der Waals surface area contributed by atoms with Crippen molar-refractivity contribution in [3.05, 3.63) is 54.1 Å². The number of hydrogen-bond donors (Lipinski definition) is 2. The van der Waals surface area contributed by atoms with Gasteiger partial charge in [-0.05, 0) is 12.0 Å². The van der Waals surface area contributed by atoms with E-state index in [0.29, 0.717) is 18.5 Å². The molecule has 1 aromatic carbocycles. The summed E-state index contributed by atoms with van der Waals surface area (Å²) in [6, 6.07) is 8.61. The van der Waals surface area contributed by atoms with Crippen molar-refractivity contribution >= 4 is 11.9 Å². The molecule has 0 aliphatic heterocycles. The van der Waals surface area contributed by atoms with Crippen LogP contribution in [0.2, 0.25) is 0 Å². The van der Waals surface area contributed by atoms with Crippen LogP contribution in [0.5, 0.6) is 0 Å². The molecule has 0 radical (unpaired) electrons. The lowest BCUT2D eigenvalue weighted by Gasteiger charge is -2.14. The first-order chi connectivity index (χ1) is 10.5. The van der Waals surface area contributed by atoms with Gasteiger partial charge in [-0.3, -0.25) is 4.79 Å². The molecule has 0 aliphatic carbocycles. The SMILES string of the molecule is CCC(C(N)=O)c1cn(C(Cc2ccccc2)C(=O)O)cn1. The summed E-state index contributed by atoms with van der Waals surface area (Å²) in [5.74, 6) is -1.89. The van der Waals surface area contributed by atoms with E-state index in [0.717, 1.165) is 5.56 Å². The minimum atomic E-state index is -0.945. The van der Waals surface area contributed by atoms with Gasteiger partial charge < -0.3 is 15.4 Å². The second-order valence-electron chi connectivity index (χ2n) is 5.15. The monoisotopic (exact) mass is 301 g/mol. The molecule has 2 unspecified atom stereocenters. The van der Waals surface area contributed by atoms with Gasteiger partial charge in [-0.15, -0.1) is 0 Å². The zero-order chi connectivity index (χ0) is 16.1. The maximum atomic E-state index is 11.5. The van der Waals surface area contributed by atoms with Gasteiger partial charge in [0, 0.05) is 12.6 Å². The highest BCUT2D eigenvalue weighted by Crippen LogP contribution is 2.21. The third-order valence-electron chi connectivity index (χ3n) is 3.65. The summed E-state index contributed by atoms with van der Waals surface area (Å²) in [7, 11) is 0. The van der Waals surface area contributed by atoms with Gasteiger partial charge in [0.25, 0.3) is 0 Å². The van der Waals surface area contributed by atoms with Gasteiger partial charge in [-0.25, -0.2) is 9.78 Å². The summed E-state index contributed by atoms with van der Waals surface area (Å²) in [6.45, 7) is 1.84. The van der Waals surface area contributed by atoms with Gasteiger partial charge in [0.15, 0.2) is 0 Å². The van der Waals surface area contributed by atoms with Crippen LogP contribution in [-0.4, -0.2) is 26.5 Å². The highest BCUT2D eigenvalue weighted by molar-refractivity contribution is 5.81. The maximum absolute atomic E-state index is 11.5. The molecule has 2 rings (SSSR count). The number of carboxylic acids is 1. The number of carboxylic acid groups (broad SMARTS) is 1. The van der Waals surface area contributed by atoms with Gasteiger partial charge in [0.2, 0.25) is 5.91 Å². The third-order valence-corrected chi connectivity index (χ3v) is 3.65. The standard InChI is InChI=1S/C16H19N3O3/c1-2-12(15(17)20)13-9-19(10-18-13)14(16(21)22)8-11-6-4-3-5-7-11/h3-7,9-10,12,14H,2,8H2,1H3,(H2,17,20)(H,21,22). The smallest absolute Gasteiger partial charge is 0.327 e. The molecule has 1 heterocycles. The summed E-state index contributed by atoms with van der Waals surface area (Å²) in [5, 5.41) is 9.46. The van der Waals surface area contributed by atoms with E-state index >= 15 is 0 Å². The first kappa shape index (κ1) is 15.8. The van der Waals surface area contributed by atoms with Crippen molar-refractivity contribution in [2.24, 2.45) is 5.73 Å². The van der Waals surface area contributed by atoms with E-state index in [4.69, 9.17) is 5.73 Å². The number of benzene rings is 1. The van der Waals surface area contributed by atoms with Crippen molar-refractivity contribution in [3.63, 3.8) is 0 Å². The Morgan fingerprint density at radius 3 is 2.55 bits per heavy atom. The minimum Gasteiger partial charge on any atom is -0.480 e. The number of nitrogens with two attached hydrogens (primary N) is 1. The number of aliphatic carboxylic acids is 1. The quantitative estimate of drug-likeness (QED) is 0.813. The van der Waals surface area contributed by atoms with E-state index in [9.17, 15) is 14.7 Å². The molecule has 1 aromatic heterocycles. The summed E-state index contributed by atoms with van der Waals surface area (Å²) in [4.78, 5) is 27.1. The number of carbonyl (C=O) groups is 2. The minimum absolute atomic E-state index is 0.347. The zero-order valence-corrected chi connectivity index (χ0v) is 12.3. The van der Waals surface area contributed by atoms with Crippen LogP contribution in [0.3, 0.4) is 0 Å². The fraction of sp³-hybridized carbons (Fsp3) is 0.312. The lowest BCUT2D eigenvalue weighted by atomic mass is 10.0. The lowest BCUT2D eigenvalue weighted by Crippen LogP contribution is -2.22. The van der Waals surface area contributed by atoms with Gasteiger partial charge in [0.05, 0.1) is 17.9 Å². The van der Waals surface area contributed by atoms with E-state index in [1.807, 2.05) is 37.3 Å². The van der Waals surface area contributed by atoms with Gasteiger partial charge in [-0.1, -0.05) is 37.3 Å². The van der Waals surface area contributed by atoms with E-state index in [1.54, 1.807) is 6.20 Å². The van der Waals surface area contributed by atoms with Gasteiger partial charge >= 0.3 is 5.97 Å². The molecule has 6 nitrogen and oxygen atoms in total. The second-order valence-corrected chi connectivity index (χ2v) is 5.15. The highest BCUT2D eigenvalue weighted by Gasteiger charge is 2.23. The molecule has 22 heavy (non-hydrogen) atoms. The summed E-state index contributed by atoms with van der Waals surface area (Å²) in [6.07, 6.45) is 3.92. The van der Waals surface area contributed by atoms with E-state index in [2.05, 4.69) is 4.98 Å². The molecule has 0 saturated heterocycles. The number of amides is 1. The maximum Gasteiger partial charge on any atom is 0.327 e. The van der Waals surface area contributed by atoms with Gasteiger partial charge in [0.1, 0.15) is 6.04 Å². The first-order valence-corrected chi connectivity index (χ1v) is 7.12. The van der Waals surface area contributed by atoms with Crippen molar-refractivity contribution in [1.82, 2.24) is 9.55 Å². The fourth-order valence-electron chi connectivity index (χ4n) is 2.42. The Kier molecular flexibility index (Phi) is 4.93. The van der Waals surface area contributed by atoms with Crippen LogP contribution in [0.1, 0.15) is 36.6 Å². The van der Waals surface area contributed by atoms with Crippen LogP contribution in [0, 0.1) is 0 Å². The fourth-order valence-corrected chi connectivity index (χ4v) is 2.42. The molecular formula is C16H19N3O3. The normalized spacial score (nSPS) is 13.5. The van der Waals surface area contributed by atoms with E-state index in [-0.39, 0.29) is 0 Å². The Morgan fingerprint density at radius 2 is 2.00 bits per heavy atom. The molecule has 6 heteroatoms. The second kappa shape index (κ2) is 6.89. The molecule has 0 aliphatic rings. The summed E-state index contributed by atoms with van der Waals surface area (Å²) >= 11 is 0. The molecule has 0 bridgehead atoms. The predicted molar refractivity (Wildman–Crippen MR) is 81.3 cm³/mol. The Morgan fingerprint density at radius 1 is 1.32 bits per heavy atom. The van der Waals surface area contributed by atoms with E-state index < -0.39 is 23.8 Å². The summed E-state index contributed by atoms with van der Waals surface area (Å²) in [5.41, 5.74) is 6.78. The predicted octanol–water partition coefficient (Wildman–Crippen LogP) is 1.73. The number of rotatable bonds is 7. The van der Waals surface area contributed by atoms with Crippen molar-refractivity contribution in [1.29, 1.82) is 0 Å². The Hall–Kier alpha value is -2.63. The zero-order valence-electron chi connectivity index (χ0n) is 12.3. The first-order valence-electron chi connectivity index (χ1n) is 7.12. The van der Waals surface area contributed by atoms with Crippen LogP contribution >= 0.6 is 0 Å². The average Bonchev–Trinajstić information content (AvgIpc) is 2.95. The number of carbonyl (C=O) groups excluding carboxylic acids is 1. The largest absolute Gasteiger partial charge is 0.480 e. The van der Waals surface area contributed by atoms with E-state index in [1.165, 1.54) is 10.9 Å². The van der Waals surface area contributed by atoms with Crippen LogP contribution in [0.4, 0.5) is 0 Å². The number of hydrogen-bond acceptors (Lipinski definition) is 3. The van der Waals surface area contributed by atoms with Crippen LogP contribution in [0.25, 0.3) is 0 Å². The lowest BCUT2D eigenvalue weighted by molar-refractivity contribution is -0.140. The van der Waals surface area contributed by atoms with Crippen LogP contribution < -0.4 is 5.73 Å². The van der Waals surface area contributed by atoms with Crippen molar-refractivity contribution in [2.75, 3.05) is 0 Å². The molecule has 0 spiro atoms. The molecule has 2 aromatic rings. The number of primary amides is 1. The van der Waals surface area contributed by atoms with Crippen molar-refractivity contribution < 1.29 is 14.7 Å². The molecule has 0 saturated carbocycles. The van der Waals surface area contributed by atoms with Crippen LogP contribution in [0.15, 0.2) is 42.9 Å². The van der Waals surface area contributed by atoms with Crippen molar-refractivity contribution in [2.45, 2.75) is 31.7 Å². The topological polar surface area (TPSA) is 98.2 Å². The molecule has 2 atom stereocenters. The Bertz CT molecular complexity index is 652. The molecule has 116 valence electrons. The Labute approximate surface area is 128 Å². The van der Waals surface area contributed by atoms with Crippen LogP contribution in [-0.2, 0) is 16.0 Å². The Balaban J connectivity index is 2.25. The number of nitrogens with zero attached hydrogens (tertiary/aromatic N) is 2.